The largest absolute Gasteiger partial charge is 0.388 e. The van der Waals surface area contributed by atoms with Crippen LogP contribution in [-0.4, -0.2) is 43.8 Å². The minimum absolute atomic E-state index is 0.00953. The number of halogens is 1. The Morgan fingerprint density at radius 1 is 1.36 bits per heavy atom. The first-order valence-corrected chi connectivity index (χ1v) is 8.37. The second-order valence-electron chi connectivity index (χ2n) is 6.35. The predicted molar refractivity (Wildman–Crippen MR) is 89.5 cm³/mol. The lowest BCUT2D eigenvalue weighted by atomic mass is 10.0. The quantitative estimate of drug-likeness (QED) is 0.614. The van der Waals surface area contributed by atoms with Crippen LogP contribution >= 0.6 is 0 Å². The Morgan fingerprint density at radius 2 is 2.12 bits per heavy atom. The summed E-state index contributed by atoms with van der Waals surface area (Å²) in [5.41, 5.74) is 0.709. The Kier molecular flexibility index (Phi) is 5.40. The third-order valence-electron chi connectivity index (χ3n) is 4.70. The molecule has 1 fully saturated rings. The van der Waals surface area contributed by atoms with Gasteiger partial charge in [0, 0.05) is 12.6 Å². The van der Waals surface area contributed by atoms with Gasteiger partial charge in [-0.1, -0.05) is 12.1 Å². The van der Waals surface area contributed by atoms with Crippen molar-refractivity contribution in [3.63, 3.8) is 0 Å². The number of aromatic nitrogens is 2. The molecule has 2 aromatic rings. The van der Waals surface area contributed by atoms with Gasteiger partial charge in [-0.2, -0.15) is 5.10 Å². The van der Waals surface area contributed by atoms with Gasteiger partial charge < -0.3 is 5.11 Å². The molecule has 0 saturated carbocycles. The molecule has 25 heavy (non-hydrogen) atoms. The summed E-state index contributed by atoms with van der Waals surface area (Å²) >= 11 is 0. The number of benzene rings is 1. The molecule has 0 aliphatic carbocycles. The van der Waals surface area contributed by atoms with Crippen LogP contribution < -0.4 is 0 Å². The third-order valence-corrected chi connectivity index (χ3v) is 4.70. The van der Waals surface area contributed by atoms with Crippen molar-refractivity contribution in [3.05, 3.63) is 58.2 Å². The summed E-state index contributed by atoms with van der Waals surface area (Å²) in [7, 11) is 0. The molecule has 7 nitrogen and oxygen atoms in total. The SMILES string of the molecule is O=[N+]([O-])c1cnn(CCN2CCCC2CC(O)c2ccc(F)cc2)c1. The number of likely N-dealkylation sites (tertiary alicyclic amines) is 1. The van der Waals surface area contributed by atoms with E-state index in [-0.39, 0.29) is 17.5 Å². The van der Waals surface area contributed by atoms with Crippen LogP contribution in [0.3, 0.4) is 0 Å². The number of hydrogen-bond donors (Lipinski definition) is 1. The molecule has 0 radical (unpaired) electrons. The standard InChI is InChI=1S/C17H21FN4O3/c18-14-5-3-13(4-6-14)17(23)10-15-2-1-7-20(15)8-9-21-12-16(11-19-21)22(24)25/h3-6,11-12,15,17,23H,1-2,7-10H2. The first kappa shape index (κ1) is 17.5. The summed E-state index contributed by atoms with van der Waals surface area (Å²) < 4.78 is 14.6. The smallest absolute Gasteiger partial charge is 0.306 e. The lowest BCUT2D eigenvalue weighted by molar-refractivity contribution is -0.385. The van der Waals surface area contributed by atoms with Crippen LogP contribution in [0.2, 0.25) is 0 Å². The van der Waals surface area contributed by atoms with E-state index in [2.05, 4.69) is 10.00 Å². The summed E-state index contributed by atoms with van der Waals surface area (Å²) in [5, 5.41) is 25.1. The van der Waals surface area contributed by atoms with E-state index in [1.54, 1.807) is 16.8 Å². The molecule has 134 valence electrons. The fraction of sp³-hybridized carbons (Fsp3) is 0.471. The van der Waals surface area contributed by atoms with E-state index in [0.717, 1.165) is 31.5 Å². The van der Waals surface area contributed by atoms with E-state index in [0.29, 0.717) is 13.0 Å². The molecule has 8 heteroatoms. The molecule has 1 aliphatic rings. The lowest BCUT2D eigenvalue weighted by Gasteiger charge is -2.26. The zero-order chi connectivity index (χ0) is 17.8. The van der Waals surface area contributed by atoms with Crippen LogP contribution in [-0.2, 0) is 6.54 Å². The fourth-order valence-electron chi connectivity index (χ4n) is 3.34. The van der Waals surface area contributed by atoms with Crippen molar-refractivity contribution >= 4 is 5.69 Å². The number of aliphatic hydroxyl groups excluding tert-OH is 1. The second-order valence-corrected chi connectivity index (χ2v) is 6.35. The summed E-state index contributed by atoms with van der Waals surface area (Å²) in [4.78, 5) is 12.5. The lowest BCUT2D eigenvalue weighted by Crippen LogP contribution is -2.33. The van der Waals surface area contributed by atoms with Gasteiger partial charge in [0.25, 0.3) is 0 Å². The monoisotopic (exact) mass is 348 g/mol. The van der Waals surface area contributed by atoms with E-state index in [4.69, 9.17) is 0 Å². The van der Waals surface area contributed by atoms with Crippen LogP contribution in [0.5, 0.6) is 0 Å². The van der Waals surface area contributed by atoms with Crippen molar-refractivity contribution in [2.75, 3.05) is 13.1 Å². The van der Waals surface area contributed by atoms with Gasteiger partial charge in [0.15, 0.2) is 0 Å². The maximum atomic E-state index is 13.0. The summed E-state index contributed by atoms with van der Waals surface area (Å²) in [6.45, 7) is 2.22. The highest BCUT2D eigenvalue weighted by Crippen LogP contribution is 2.27. The van der Waals surface area contributed by atoms with Crippen molar-refractivity contribution in [2.24, 2.45) is 0 Å². The normalized spacial score (nSPS) is 19.2. The Morgan fingerprint density at radius 3 is 2.80 bits per heavy atom. The van der Waals surface area contributed by atoms with Gasteiger partial charge in [-0.3, -0.25) is 19.7 Å². The van der Waals surface area contributed by atoms with Crippen LogP contribution in [0.15, 0.2) is 36.7 Å². The molecule has 1 saturated heterocycles. The average molecular weight is 348 g/mol. The molecule has 2 heterocycles. The molecule has 1 N–H and O–H groups in total. The summed E-state index contributed by atoms with van der Waals surface area (Å²) in [6.07, 6.45) is 4.69. The van der Waals surface area contributed by atoms with Crippen LogP contribution in [0, 0.1) is 15.9 Å². The predicted octanol–water partition coefficient (Wildman–Crippen LogP) is 2.52. The van der Waals surface area contributed by atoms with Gasteiger partial charge in [-0.05, 0) is 43.5 Å². The van der Waals surface area contributed by atoms with Gasteiger partial charge in [-0.15, -0.1) is 0 Å². The average Bonchev–Trinajstić information content (AvgIpc) is 3.22. The third kappa shape index (κ3) is 4.40. The zero-order valence-electron chi connectivity index (χ0n) is 13.8. The first-order chi connectivity index (χ1) is 12.0. The minimum Gasteiger partial charge on any atom is -0.388 e. The van der Waals surface area contributed by atoms with Gasteiger partial charge in [0.1, 0.15) is 18.2 Å². The van der Waals surface area contributed by atoms with Gasteiger partial charge in [0.05, 0.1) is 17.6 Å². The highest BCUT2D eigenvalue weighted by Gasteiger charge is 2.27. The molecule has 1 aromatic carbocycles. The van der Waals surface area contributed by atoms with Crippen molar-refractivity contribution in [2.45, 2.75) is 38.0 Å². The zero-order valence-corrected chi connectivity index (χ0v) is 13.8. The van der Waals surface area contributed by atoms with Crippen LogP contribution in [0.4, 0.5) is 10.1 Å². The highest BCUT2D eigenvalue weighted by molar-refractivity contribution is 5.20. The Labute approximate surface area is 144 Å². The summed E-state index contributed by atoms with van der Waals surface area (Å²) in [6, 6.07) is 6.18. The molecule has 1 aromatic heterocycles. The van der Waals surface area contributed by atoms with Crippen LogP contribution in [0.1, 0.15) is 30.9 Å². The Balaban J connectivity index is 1.54. The second kappa shape index (κ2) is 7.71. The molecular weight excluding hydrogens is 327 g/mol. The van der Waals surface area contributed by atoms with E-state index in [9.17, 15) is 19.6 Å². The molecular formula is C17H21FN4O3. The fourth-order valence-corrected chi connectivity index (χ4v) is 3.34. The molecule has 3 rings (SSSR count). The molecule has 2 unspecified atom stereocenters. The minimum atomic E-state index is -0.628. The van der Waals surface area contributed by atoms with E-state index in [1.807, 2.05) is 0 Å². The van der Waals surface area contributed by atoms with Crippen molar-refractivity contribution in [1.82, 2.24) is 14.7 Å². The Hall–Kier alpha value is -2.32. The molecule has 0 bridgehead atoms. The van der Waals surface area contributed by atoms with Crippen LogP contribution in [0.25, 0.3) is 0 Å². The number of aliphatic hydroxyl groups is 1. The molecule has 0 spiro atoms. The van der Waals surface area contributed by atoms with E-state index in [1.165, 1.54) is 24.5 Å². The summed E-state index contributed by atoms with van der Waals surface area (Å²) in [5.74, 6) is -0.313. The number of nitro groups is 1. The number of rotatable bonds is 7. The van der Waals surface area contributed by atoms with E-state index >= 15 is 0 Å². The maximum Gasteiger partial charge on any atom is 0.306 e. The van der Waals surface area contributed by atoms with Crippen molar-refractivity contribution < 1.29 is 14.4 Å². The number of hydrogen-bond acceptors (Lipinski definition) is 5. The molecule has 0 amide bonds. The highest BCUT2D eigenvalue weighted by atomic mass is 19.1. The number of nitrogens with zero attached hydrogens (tertiary/aromatic N) is 4. The van der Waals surface area contributed by atoms with Crippen molar-refractivity contribution in [3.8, 4) is 0 Å². The van der Waals surface area contributed by atoms with E-state index < -0.39 is 11.0 Å². The van der Waals surface area contributed by atoms with Gasteiger partial charge >= 0.3 is 5.69 Å². The topological polar surface area (TPSA) is 84.4 Å². The van der Waals surface area contributed by atoms with Gasteiger partial charge in [-0.25, -0.2) is 4.39 Å². The first-order valence-electron chi connectivity index (χ1n) is 8.37. The maximum absolute atomic E-state index is 13.0. The molecule has 1 aliphatic heterocycles. The Bertz CT molecular complexity index is 719. The van der Waals surface area contributed by atoms with Gasteiger partial charge in [0.2, 0.25) is 0 Å². The molecule has 2 atom stereocenters. The van der Waals surface area contributed by atoms with Crippen molar-refractivity contribution in [1.29, 1.82) is 0 Å².